The van der Waals surface area contributed by atoms with Gasteiger partial charge < -0.3 is 15.2 Å². The molecule has 6 heteroatoms. The van der Waals surface area contributed by atoms with Gasteiger partial charge in [0.05, 0.1) is 6.10 Å². The number of ketones is 2. The summed E-state index contributed by atoms with van der Waals surface area (Å²) in [5.41, 5.74) is 0.0286. The Morgan fingerprint density at radius 1 is 1.05 bits per heavy atom. The van der Waals surface area contributed by atoms with E-state index >= 15 is 0 Å². The Kier molecular flexibility index (Phi) is 7.01. The Hall–Kier alpha value is -2.05. The number of ether oxygens (including phenoxy) is 1. The van der Waals surface area contributed by atoms with E-state index in [2.05, 4.69) is 38.2 Å². The maximum Gasteiger partial charge on any atom is 0.306 e. The highest BCUT2D eigenvalue weighted by molar-refractivity contribution is 5.92. The molecule has 6 aliphatic rings. The van der Waals surface area contributed by atoms with Crippen molar-refractivity contribution in [1.82, 2.24) is 5.32 Å². The summed E-state index contributed by atoms with van der Waals surface area (Å²) in [5.74, 6) is 1.60. The molecule has 228 valence electrons. The van der Waals surface area contributed by atoms with Crippen LogP contribution in [0.3, 0.4) is 0 Å². The van der Waals surface area contributed by atoms with Gasteiger partial charge >= 0.3 is 5.97 Å². The van der Waals surface area contributed by atoms with Crippen molar-refractivity contribution in [3.8, 4) is 0 Å². The van der Waals surface area contributed by atoms with E-state index in [0.717, 1.165) is 50.6 Å². The maximum atomic E-state index is 14.1. The molecule has 4 unspecified atom stereocenters. The van der Waals surface area contributed by atoms with Crippen LogP contribution < -0.4 is 5.32 Å². The number of carbonyl (C=O) groups is 3. The van der Waals surface area contributed by atoms with E-state index in [9.17, 15) is 19.5 Å². The first-order chi connectivity index (χ1) is 20.1. The van der Waals surface area contributed by atoms with Crippen molar-refractivity contribution >= 4 is 17.5 Å². The second kappa shape index (κ2) is 10.3. The highest BCUT2D eigenvalue weighted by Crippen LogP contribution is 2.66. The summed E-state index contributed by atoms with van der Waals surface area (Å²) in [7, 11) is 0. The van der Waals surface area contributed by atoms with Gasteiger partial charge in [-0.1, -0.05) is 51.1 Å². The number of benzene rings is 1. The molecule has 1 heterocycles. The maximum absolute atomic E-state index is 14.1. The first-order valence-electron chi connectivity index (χ1n) is 16.8. The van der Waals surface area contributed by atoms with Crippen LogP contribution in [0.5, 0.6) is 0 Å². The third kappa shape index (κ3) is 4.21. The zero-order chi connectivity index (χ0) is 29.4. The van der Waals surface area contributed by atoms with Crippen molar-refractivity contribution in [2.24, 2.45) is 52.3 Å². The first kappa shape index (κ1) is 28.7. The van der Waals surface area contributed by atoms with E-state index in [1.165, 1.54) is 0 Å². The second-order valence-electron chi connectivity index (χ2n) is 15.6. The van der Waals surface area contributed by atoms with Crippen LogP contribution in [-0.2, 0) is 24.7 Å². The summed E-state index contributed by atoms with van der Waals surface area (Å²) < 4.78 is 6.43. The minimum atomic E-state index is -0.541. The van der Waals surface area contributed by atoms with Crippen LogP contribution in [0.2, 0.25) is 0 Å². The van der Waals surface area contributed by atoms with Gasteiger partial charge in [-0.25, -0.2) is 0 Å². The monoisotopic (exact) mass is 575 g/mol. The highest BCUT2D eigenvalue weighted by atomic mass is 16.6. The molecule has 6 nitrogen and oxygen atoms in total. The highest BCUT2D eigenvalue weighted by Gasteiger charge is 2.66. The summed E-state index contributed by atoms with van der Waals surface area (Å²) in [4.78, 5) is 41.3. The quantitative estimate of drug-likeness (QED) is 0.429. The lowest BCUT2D eigenvalue weighted by atomic mass is 9.43. The zero-order valence-corrected chi connectivity index (χ0v) is 25.6. The van der Waals surface area contributed by atoms with Crippen LogP contribution in [0.1, 0.15) is 97.0 Å². The average molecular weight is 576 g/mol. The molecule has 5 saturated carbocycles. The summed E-state index contributed by atoms with van der Waals surface area (Å²) >= 11 is 0. The molecule has 6 fully saturated rings. The van der Waals surface area contributed by atoms with Crippen LogP contribution in [0, 0.1) is 52.3 Å². The van der Waals surface area contributed by atoms with Crippen molar-refractivity contribution < 1.29 is 24.2 Å². The fourth-order valence-corrected chi connectivity index (χ4v) is 11.5. The topological polar surface area (TPSA) is 92.7 Å². The van der Waals surface area contributed by atoms with Gasteiger partial charge in [0.25, 0.3) is 0 Å². The predicted molar refractivity (Wildman–Crippen MR) is 159 cm³/mol. The van der Waals surface area contributed by atoms with Crippen molar-refractivity contribution in [2.45, 2.75) is 109 Å². The van der Waals surface area contributed by atoms with Crippen LogP contribution in [0.15, 0.2) is 30.3 Å². The Labute approximate surface area is 250 Å². The molecule has 1 aromatic carbocycles. The van der Waals surface area contributed by atoms with Gasteiger partial charge in [0.15, 0.2) is 0 Å². The van der Waals surface area contributed by atoms with Crippen LogP contribution in [0.4, 0.5) is 0 Å². The van der Waals surface area contributed by atoms with Gasteiger partial charge in [-0.2, -0.15) is 0 Å². The molecule has 2 N–H and O–H groups in total. The van der Waals surface area contributed by atoms with Crippen molar-refractivity contribution in [2.75, 3.05) is 6.54 Å². The molecule has 0 aromatic heterocycles. The molecule has 0 radical (unpaired) electrons. The molecule has 0 amide bonds. The van der Waals surface area contributed by atoms with Crippen molar-refractivity contribution in [3.63, 3.8) is 0 Å². The molecule has 1 aromatic rings. The molecule has 42 heavy (non-hydrogen) atoms. The van der Waals surface area contributed by atoms with Gasteiger partial charge in [0, 0.05) is 55.5 Å². The molecule has 1 saturated heterocycles. The van der Waals surface area contributed by atoms with E-state index in [1.807, 2.05) is 18.2 Å². The van der Waals surface area contributed by atoms with E-state index in [0.29, 0.717) is 55.6 Å². The minimum Gasteiger partial charge on any atom is -0.454 e. The SMILES string of the molecule is C[C@H](CCC(=O)OC1(c2ccccc2)CC2CC1CN2)[C@H]1CC[C@H]2[C@@H]3C(=O)C[C@@H]4CC(O)CC[C@]4(C)[C@H]3CC(=O)[C@]12C. The third-order valence-corrected chi connectivity index (χ3v) is 13.9. The van der Waals surface area contributed by atoms with Gasteiger partial charge in [-0.3, -0.25) is 14.4 Å². The number of aliphatic hydroxyl groups excluding tert-OH is 1. The predicted octanol–water partition coefficient (Wildman–Crippen LogP) is 5.60. The third-order valence-electron chi connectivity index (χ3n) is 13.9. The Bertz CT molecular complexity index is 1250. The standard InChI is InChI=1S/C36H49NO5/c1-21(9-12-32(41)42-36(22-7-5-4-6-8-22)19-25-15-24(36)20-37-25)27-10-11-28-33-29(18-31(40)35(27,28)3)34(2)14-13-26(38)16-23(34)17-30(33)39/h4-8,21,23-29,33,37-38H,9-20H2,1-3H3/t21-,23+,24?,25?,26?,27-,28+,29+,33+,34+,35-,36?/m1/s1. The number of rotatable bonds is 6. The molecule has 5 aliphatic carbocycles. The Balaban J connectivity index is 1.05. The lowest BCUT2D eigenvalue weighted by molar-refractivity contribution is -0.169. The number of piperidine rings is 1. The largest absolute Gasteiger partial charge is 0.454 e. The van der Waals surface area contributed by atoms with Crippen LogP contribution >= 0.6 is 0 Å². The van der Waals surface area contributed by atoms with Crippen molar-refractivity contribution in [1.29, 1.82) is 0 Å². The number of carbonyl (C=O) groups excluding carboxylic acids is 3. The van der Waals surface area contributed by atoms with E-state index < -0.39 is 11.0 Å². The number of Topliss-reactive ketones (excluding diaryl/α,β-unsaturated/α-hetero) is 2. The molecule has 1 aliphatic heterocycles. The molecule has 12 atom stereocenters. The first-order valence-corrected chi connectivity index (χ1v) is 16.8. The van der Waals surface area contributed by atoms with Crippen LogP contribution in [-0.4, -0.2) is 41.3 Å². The molecular weight excluding hydrogens is 526 g/mol. The fraction of sp³-hybridized carbons (Fsp3) is 0.750. The summed E-state index contributed by atoms with van der Waals surface area (Å²) in [5, 5.41) is 13.9. The summed E-state index contributed by atoms with van der Waals surface area (Å²) in [6.07, 6.45) is 7.93. The van der Waals surface area contributed by atoms with Crippen LogP contribution in [0.25, 0.3) is 0 Å². The Morgan fingerprint density at radius 2 is 1.83 bits per heavy atom. The molecular formula is C36H49NO5. The second-order valence-corrected chi connectivity index (χ2v) is 15.6. The smallest absolute Gasteiger partial charge is 0.306 e. The molecule has 7 rings (SSSR count). The van der Waals surface area contributed by atoms with E-state index in [1.54, 1.807) is 0 Å². The molecule has 2 bridgehead atoms. The molecule has 0 spiro atoms. The Morgan fingerprint density at radius 3 is 2.55 bits per heavy atom. The normalized spacial score (nSPS) is 46.6. The average Bonchev–Trinajstić information content (AvgIpc) is 3.68. The minimum absolute atomic E-state index is 0.0355. The number of nitrogens with one attached hydrogen (secondary N) is 1. The number of hydrogen-bond acceptors (Lipinski definition) is 6. The number of aliphatic hydroxyl groups is 1. The van der Waals surface area contributed by atoms with Gasteiger partial charge in [0.2, 0.25) is 0 Å². The number of fused-ring (bicyclic) bond motifs is 7. The van der Waals surface area contributed by atoms with Gasteiger partial charge in [-0.05, 0) is 85.5 Å². The summed E-state index contributed by atoms with van der Waals surface area (Å²) in [6, 6.07) is 10.7. The number of esters is 1. The fourth-order valence-electron chi connectivity index (χ4n) is 11.5. The van der Waals surface area contributed by atoms with Gasteiger partial charge in [0.1, 0.15) is 17.2 Å². The number of hydrogen-bond donors (Lipinski definition) is 2. The lowest BCUT2D eigenvalue weighted by Crippen LogP contribution is -2.60. The zero-order valence-electron chi connectivity index (χ0n) is 25.6. The lowest BCUT2D eigenvalue weighted by Gasteiger charge is -2.59. The van der Waals surface area contributed by atoms with E-state index in [-0.39, 0.29) is 53.0 Å². The van der Waals surface area contributed by atoms with E-state index in [4.69, 9.17) is 4.74 Å². The summed E-state index contributed by atoms with van der Waals surface area (Å²) in [6.45, 7) is 7.55. The van der Waals surface area contributed by atoms with Crippen molar-refractivity contribution in [3.05, 3.63) is 35.9 Å². The van der Waals surface area contributed by atoms with Gasteiger partial charge in [-0.15, -0.1) is 0 Å².